The van der Waals surface area contributed by atoms with Crippen LogP contribution in [0.4, 0.5) is 0 Å². The van der Waals surface area contributed by atoms with E-state index >= 15 is 0 Å². The van der Waals surface area contributed by atoms with Gasteiger partial charge in [0.2, 0.25) is 5.91 Å². The fourth-order valence-electron chi connectivity index (χ4n) is 2.80. The third-order valence-corrected chi connectivity index (χ3v) is 3.86. The number of phenols is 1. The second-order valence-electron chi connectivity index (χ2n) is 4.82. The van der Waals surface area contributed by atoms with Crippen molar-refractivity contribution in [2.45, 2.75) is 31.6 Å². The third-order valence-electron chi connectivity index (χ3n) is 3.86. The van der Waals surface area contributed by atoms with E-state index in [1.165, 1.54) is 0 Å². The van der Waals surface area contributed by atoms with Crippen molar-refractivity contribution < 1.29 is 9.90 Å². The number of carbonyl (C=O) groups is 1. The molecule has 3 nitrogen and oxygen atoms in total. The summed E-state index contributed by atoms with van der Waals surface area (Å²) in [6.45, 7) is 2.88. The van der Waals surface area contributed by atoms with Gasteiger partial charge in [-0.15, -0.1) is 0 Å². The molecule has 1 aliphatic heterocycles. The van der Waals surface area contributed by atoms with Crippen LogP contribution in [0, 0.1) is 0 Å². The van der Waals surface area contributed by atoms with Gasteiger partial charge in [0.05, 0.1) is 5.41 Å². The summed E-state index contributed by atoms with van der Waals surface area (Å²) >= 11 is 0. The normalized spacial score (nSPS) is 25.1. The number of hydrogen-bond acceptors (Lipinski definition) is 2. The van der Waals surface area contributed by atoms with Crippen LogP contribution in [0.1, 0.15) is 31.7 Å². The Balaban J connectivity index is 2.46. The molecule has 0 aromatic heterocycles. The van der Waals surface area contributed by atoms with Crippen LogP contribution >= 0.6 is 0 Å². The molecule has 1 saturated heterocycles. The standard InChI is InChI=1S/C14H19NO2/c1-3-14(8-5-9-15(2)13(14)17)11-6-4-7-12(16)10-11/h4,6-7,10,16H,3,5,8-9H2,1-2H3. The van der Waals surface area contributed by atoms with Gasteiger partial charge in [-0.3, -0.25) is 4.79 Å². The van der Waals surface area contributed by atoms with Gasteiger partial charge >= 0.3 is 0 Å². The van der Waals surface area contributed by atoms with Crippen molar-refractivity contribution in [1.29, 1.82) is 0 Å². The van der Waals surface area contributed by atoms with Gasteiger partial charge < -0.3 is 10.0 Å². The van der Waals surface area contributed by atoms with Gasteiger partial charge in [-0.2, -0.15) is 0 Å². The lowest BCUT2D eigenvalue weighted by Crippen LogP contribution is -2.49. The summed E-state index contributed by atoms with van der Waals surface area (Å²) in [6, 6.07) is 7.12. The van der Waals surface area contributed by atoms with Crippen LogP contribution in [0.15, 0.2) is 24.3 Å². The maximum absolute atomic E-state index is 12.4. The smallest absolute Gasteiger partial charge is 0.232 e. The minimum atomic E-state index is -0.439. The van der Waals surface area contributed by atoms with Crippen LogP contribution in [0.3, 0.4) is 0 Å². The minimum Gasteiger partial charge on any atom is -0.508 e. The molecule has 1 amide bonds. The number of nitrogens with zero attached hydrogens (tertiary/aromatic N) is 1. The van der Waals surface area contributed by atoms with Crippen LogP contribution in [0.2, 0.25) is 0 Å². The molecule has 1 N–H and O–H groups in total. The zero-order valence-corrected chi connectivity index (χ0v) is 10.4. The van der Waals surface area contributed by atoms with Crippen LogP contribution < -0.4 is 0 Å². The molecule has 0 saturated carbocycles. The number of likely N-dealkylation sites (tertiary alicyclic amines) is 1. The first-order chi connectivity index (χ1) is 8.10. The summed E-state index contributed by atoms with van der Waals surface area (Å²) in [4.78, 5) is 14.2. The quantitative estimate of drug-likeness (QED) is 0.851. The molecular formula is C14H19NO2. The number of phenolic OH excluding ortho intramolecular Hbond substituents is 1. The largest absolute Gasteiger partial charge is 0.508 e. The molecule has 1 aromatic rings. The van der Waals surface area contributed by atoms with Crippen molar-refractivity contribution in [3.05, 3.63) is 29.8 Å². The number of rotatable bonds is 2. The fraction of sp³-hybridized carbons (Fsp3) is 0.500. The molecule has 1 aliphatic rings. The van der Waals surface area contributed by atoms with Gasteiger partial charge in [-0.05, 0) is 37.0 Å². The lowest BCUT2D eigenvalue weighted by molar-refractivity contribution is -0.139. The molecule has 1 unspecified atom stereocenters. The first-order valence-electron chi connectivity index (χ1n) is 6.15. The van der Waals surface area contributed by atoms with E-state index in [9.17, 15) is 9.90 Å². The number of aromatic hydroxyl groups is 1. The van der Waals surface area contributed by atoms with Gasteiger partial charge in [0, 0.05) is 13.6 Å². The molecule has 0 aliphatic carbocycles. The SMILES string of the molecule is CCC1(c2cccc(O)c2)CCCN(C)C1=O. The van der Waals surface area contributed by atoms with Crippen molar-refractivity contribution in [3.63, 3.8) is 0 Å². The van der Waals surface area contributed by atoms with Crippen molar-refractivity contribution in [3.8, 4) is 5.75 Å². The van der Waals surface area contributed by atoms with Crippen LogP contribution in [0.5, 0.6) is 5.75 Å². The number of carbonyl (C=O) groups excluding carboxylic acids is 1. The lowest BCUT2D eigenvalue weighted by Gasteiger charge is -2.40. The fourth-order valence-corrected chi connectivity index (χ4v) is 2.80. The van der Waals surface area contributed by atoms with E-state index < -0.39 is 5.41 Å². The summed E-state index contributed by atoms with van der Waals surface area (Å²) in [5.41, 5.74) is 0.503. The van der Waals surface area contributed by atoms with E-state index in [0.717, 1.165) is 31.4 Å². The summed E-state index contributed by atoms with van der Waals surface area (Å²) in [7, 11) is 1.86. The highest BCUT2D eigenvalue weighted by molar-refractivity contribution is 5.88. The Morgan fingerprint density at radius 3 is 2.88 bits per heavy atom. The molecule has 2 rings (SSSR count). The Labute approximate surface area is 102 Å². The summed E-state index contributed by atoms with van der Waals surface area (Å²) in [5.74, 6) is 0.410. The number of benzene rings is 1. The van der Waals surface area contributed by atoms with E-state index in [4.69, 9.17) is 0 Å². The van der Waals surface area contributed by atoms with Crippen molar-refractivity contribution in [2.75, 3.05) is 13.6 Å². The summed E-state index contributed by atoms with van der Waals surface area (Å²) in [6.07, 6.45) is 2.67. The van der Waals surface area contributed by atoms with Gasteiger partial charge in [0.25, 0.3) is 0 Å². The number of hydrogen-bond donors (Lipinski definition) is 1. The second kappa shape index (κ2) is 4.40. The molecule has 1 aromatic carbocycles. The Morgan fingerprint density at radius 2 is 2.24 bits per heavy atom. The van der Waals surface area contributed by atoms with Crippen molar-refractivity contribution in [2.24, 2.45) is 0 Å². The number of piperidine rings is 1. The number of likely N-dealkylation sites (N-methyl/N-ethyl adjacent to an activating group) is 1. The molecule has 0 spiro atoms. The van der Waals surface area contributed by atoms with Crippen LogP contribution in [0.25, 0.3) is 0 Å². The van der Waals surface area contributed by atoms with Gasteiger partial charge in [-0.1, -0.05) is 19.1 Å². The lowest BCUT2D eigenvalue weighted by atomic mass is 9.71. The van der Waals surface area contributed by atoms with E-state index in [-0.39, 0.29) is 11.7 Å². The molecule has 0 bridgehead atoms. The van der Waals surface area contributed by atoms with Crippen LogP contribution in [-0.4, -0.2) is 29.5 Å². The zero-order chi connectivity index (χ0) is 12.5. The zero-order valence-electron chi connectivity index (χ0n) is 10.4. The molecule has 0 radical (unpaired) electrons. The Morgan fingerprint density at radius 1 is 1.47 bits per heavy atom. The average molecular weight is 233 g/mol. The van der Waals surface area contributed by atoms with Gasteiger partial charge in [0.1, 0.15) is 5.75 Å². The molecule has 17 heavy (non-hydrogen) atoms. The monoisotopic (exact) mass is 233 g/mol. The molecule has 1 heterocycles. The highest BCUT2D eigenvalue weighted by atomic mass is 16.3. The second-order valence-corrected chi connectivity index (χ2v) is 4.82. The predicted molar refractivity (Wildman–Crippen MR) is 66.9 cm³/mol. The van der Waals surface area contributed by atoms with Gasteiger partial charge in [0.15, 0.2) is 0 Å². The first kappa shape index (κ1) is 12.0. The first-order valence-corrected chi connectivity index (χ1v) is 6.15. The molecular weight excluding hydrogens is 214 g/mol. The van der Waals surface area contributed by atoms with Crippen molar-refractivity contribution >= 4 is 5.91 Å². The molecule has 1 atom stereocenters. The van der Waals surface area contributed by atoms with Crippen molar-refractivity contribution in [1.82, 2.24) is 4.90 Å². The Hall–Kier alpha value is -1.51. The highest BCUT2D eigenvalue weighted by Crippen LogP contribution is 2.38. The number of amides is 1. The van der Waals surface area contributed by atoms with E-state index in [1.807, 2.05) is 26.1 Å². The molecule has 3 heteroatoms. The topological polar surface area (TPSA) is 40.5 Å². The highest BCUT2D eigenvalue weighted by Gasteiger charge is 2.42. The summed E-state index contributed by atoms with van der Waals surface area (Å²) < 4.78 is 0. The Bertz CT molecular complexity index is 430. The maximum atomic E-state index is 12.4. The van der Waals surface area contributed by atoms with E-state index in [2.05, 4.69) is 0 Å². The van der Waals surface area contributed by atoms with Crippen LogP contribution in [-0.2, 0) is 10.2 Å². The van der Waals surface area contributed by atoms with Gasteiger partial charge in [-0.25, -0.2) is 0 Å². The van der Waals surface area contributed by atoms with E-state index in [0.29, 0.717) is 0 Å². The third kappa shape index (κ3) is 1.90. The average Bonchev–Trinajstić information content (AvgIpc) is 2.33. The summed E-state index contributed by atoms with van der Waals surface area (Å²) in [5, 5.41) is 9.58. The maximum Gasteiger partial charge on any atom is 0.232 e. The Kier molecular flexibility index (Phi) is 3.09. The van der Waals surface area contributed by atoms with E-state index in [1.54, 1.807) is 17.0 Å². The molecule has 1 fully saturated rings. The predicted octanol–water partition coefficient (Wildman–Crippen LogP) is 2.29. The molecule has 92 valence electrons. The minimum absolute atomic E-state index is 0.178.